The molecule has 0 radical (unpaired) electrons. The zero-order valence-electron chi connectivity index (χ0n) is 18.6. The van der Waals surface area contributed by atoms with E-state index in [-0.39, 0.29) is 78.4 Å². The third-order valence-electron chi connectivity index (χ3n) is 5.07. The van der Waals surface area contributed by atoms with Crippen LogP contribution < -0.4 is 0 Å². The molecule has 14 heteroatoms. The maximum absolute atomic E-state index is 12.3. The van der Waals surface area contributed by atoms with Crippen LogP contribution in [0.25, 0.3) is 0 Å². The van der Waals surface area contributed by atoms with E-state index >= 15 is 0 Å². The minimum absolute atomic E-state index is 0.0119. The van der Waals surface area contributed by atoms with E-state index in [1.807, 2.05) is 0 Å². The van der Waals surface area contributed by atoms with Gasteiger partial charge in [0.25, 0.3) is 5.66 Å². The van der Waals surface area contributed by atoms with Crippen molar-refractivity contribution in [2.24, 2.45) is 0 Å². The molecule has 0 aromatic heterocycles. The summed E-state index contributed by atoms with van der Waals surface area (Å²) in [4.78, 5) is 72.8. The lowest BCUT2D eigenvalue weighted by atomic mass is 10.1. The third kappa shape index (κ3) is 6.79. The minimum atomic E-state index is -2.58. The van der Waals surface area contributed by atoms with Crippen LogP contribution in [-0.4, -0.2) is 114 Å². The average molecular weight is 488 g/mol. The van der Waals surface area contributed by atoms with Gasteiger partial charge < -0.3 is 29.2 Å². The highest BCUT2D eigenvalue weighted by molar-refractivity contribution is 6.11. The molecule has 14 nitrogen and oxygen atoms in total. The van der Waals surface area contributed by atoms with Crippen LogP contribution >= 0.6 is 0 Å². The Labute approximate surface area is 194 Å². The summed E-state index contributed by atoms with van der Waals surface area (Å²) in [6, 6.07) is 0. The zero-order chi connectivity index (χ0) is 25.1. The number of likely N-dealkylation sites (tertiary alicyclic amines) is 2. The van der Waals surface area contributed by atoms with Crippen molar-refractivity contribution in [2.45, 2.75) is 37.8 Å². The molecule has 0 saturated carbocycles. The molecule has 2 fully saturated rings. The van der Waals surface area contributed by atoms with Crippen LogP contribution in [0.3, 0.4) is 0 Å². The average Bonchev–Trinajstić information content (AvgIpc) is 3.29. The lowest BCUT2D eigenvalue weighted by Crippen LogP contribution is -2.70. The maximum atomic E-state index is 12.3. The van der Waals surface area contributed by atoms with E-state index in [4.69, 9.17) is 24.1 Å². The van der Waals surface area contributed by atoms with E-state index in [0.29, 0.717) is 9.80 Å². The van der Waals surface area contributed by atoms with Gasteiger partial charge in [-0.05, 0) is 0 Å². The van der Waals surface area contributed by atoms with Crippen LogP contribution in [0.1, 0.15) is 32.1 Å². The van der Waals surface area contributed by atoms with Crippen LogP contribution in [0.4, 0.5) is 0 Å². The topological polar surface area (TPSA) is 186 Å². The van der Waals surface area contributed by atoms with E-state index < -0.39 is 47.8 Å². The molecule has 0 spiro atoms. The van der Waals surface area contributed by atoms with Gasteiger partial charge in [-0.15, -0.1) is 0 Å². The van der Waals surface area contributed by atoms with Gasteiger partial charge in [-0.3, -0.25) is 24.0 Å². The van der Waals surface area contributed by atoms with Gasteiger partial charge in [0.2, 0.25) is 23.6 Å². The predicted molar refractivity (Wildman–Crippen MR) is 108 cm³/mol. The smallest absolute Gasteiger partial charge is 0.354 e. The number of rotatable bonds is 17. The van der Waals surface area contributed by atoms with Gasteiger partial charge in [-0.25, -0.2) is 14.6 Å². The molecular weight excluding hydrogens is 460 g/mol. The van der Waals surface area contributed by atoms with Crippen molar-refractivity contribution < 1.29 is 57.9 Å². The summed E-state index contributed by atoms with van der Waals surface area (Å²) in [6.07, 6.45) is -0.988. The first-order valence-electron chi connectivity index (χ1n) is 10.7. The number of nitrogens with zero attached hydrogens (tertiary/aromatic N) is 2. The van der Waals surface area contributed by atoms with E-state index in [9.17, 15) is 33.9 Å². The van der Waals surface area contributed by atoms with Crippen LogP contribution in [0.2, 0.25) is 0 Å². The molecule has 190 valence electrons. The monoisotopic (exact) mass is 488 g/mol. The maximum Gasteiger partial charge on any atom is 0.354 e. The predicted octanol–water partition coefficient (Wildman–Crippen LogP) is -1.39. The van der Waals surface area contributed by atoms with Crippen molar-refractivity contribution in [2.75, 3.05) is 52.9 Å². The Bertz CT molecular complexity index is 730. The van der Waals surface area contributed by atoms with Crippen molar-refractivity contribution in [3.8, 4) is 0 Å². The zero-order valence-corrected chi connectivity index (χ0v) is 18.6. The van der Waals surface area contributed by atoms with Gasteiger partial charge in [-0.2, -0.15) is 0 Å². The molecule has 2 saturated heterocycles. The second-order valence-corrected chi connectivity index (χ2v) is 7.40. The first-order valence-corrected chi connectivity index (χ1v) is 10.7. The summed E-state index contributed by atoms with van der Waals surface area (Å²) in [6.45, 7) is 0.0474. The summed E-state index contributed by atoms with van der Waals surface area (Å²) in [5.41, 5.74) is -2.58. The molecule has 2 N–H and O–H groups in total. The van der Waals surface area contributed by atoms with Gasteiger partial charge in [0.1, 0.15) is 6.61 Å². The third-order valence-corrected chi connectivity index (χ3v) is 5.07. The molecule has 34 heavy (non-hydrogen) atoms. The SMILES string of the molecule is O=C(O)CCOCCOCCOCCOCC(C(=O)O)(N1C(=O)CCC1=O)N1C(=O)CCC1=O. The molecule has 2 heterocycles. The largest absolute Gasteiger partial charge is 0.481 e. The standard InChI is InChI=1S/C20H28N2O12/c23-14-1-2-15(24)21(14)20(19(29)30,22-16(25)3-4-17(22)26)13-34-12-11-33-10-9-32-8-7-31-6-5-18(27)28/h1-13H2,(H,27,28)(H,29,30). The van der Waals surface area contributed by atoms with Gasteiger partial charge in [-0.1, -0.05) is 0 Å². The number of carbonyl (C=O) groups excluding carboxylic acids is 4. The summed E-state index contributed by atoms with van der Waals surface area (Å²) in [5, 5.41) is 18.4. The summed E-state index contributed by atoms with van der Waals surface area (Å²) < 4.78 is 20.9. The Morgan fingerprint density at radius 1 is 0.647 bits per heavy atom. The summed E-state index contributed by atoms with van der Waals surface area (Å²) in [7, 11) is 0. The number of imide groups is 2. The Morgan fingerprint density at radius 2 is 1.00 bits per heavy atom. The highest BCUT2D eigenvalue weighted by Crippen LogP contribution is 2.32. The molecule has 0 bridgehead atoms. The number of amides is 4. The van der Waals surface area contributed by atoms with E-state index in [2.05, 4.69) is 0 Å². The molecule has 0 aliphatic carbocycles. The first kappa shape index (κ1) is 27.3. The second kappa shape index (κ2) is 13.1. The number of carboxylic acid groups (broad SMARTS) is 2. The fourth-order valence-electron chi connectivity index (χ4n) is 3.49. The summed E-state index contributed by atoms with van der Waals surface area (Å²) >= 11 is 0. The molecule has 2 rings (SSSR count). The number of aliphatic carboxylic acids is 2. The number of carbonyl (C=O) groups is 6. The van der Waals surface area contributed by atoms with E-state index in [1.165, 1.54) is 0 Å². The summed E-state index contributed by atoms with van der Waals surface area (Å²) in [5.74, 6) is -5.88. The molecule has 0 aromatic carbocycles. The lowest BCUT2D eigenvalue weighted by molar-refractivity contribution is -0.190. The lowest BCUT2D eigenvalue weighted by Gasteiger charge is -2.41. The highest BCUT2D eigenvalue weighted by atomic mass is 16.6. The van der Waals surface area contributed by atoms with Crippen molar-refractivity contribution in [3.05, 3.63) is 0 Å². The Balaban J connectivity index is 1.81. The quantitative estimate of drug-likeness (QED) is 0.180. The molecular formula is C20H28N2O12. The van der Waals surface area contributed by atoms with Crippen LogP contribution in [0.15, 0.2) is 0 Å². The molecule has 0 unspecified atom stereocenters. The van der Waals surface area contributed by atoms with Crippen LogP contribution in [0.5, 0.6) is 0 Å². The number of carboxylic acids is 2. The molecule has 0 aromatic rings. The van der Waals surface area contributed by atoms with Crippen molar-refractivity contribution in [1.82, 2.24) is 9.80 Å². The van der Waals surface area contributed by atoms with Crippen LogP contribution in [-0.2, 0) is 47.7 Å². The van der Waals surface area contributed by atoms with Crippen molar-refractivity contribution >= 4 is 35.6 Å². The van der Waals surface area contributed by atoms with Crippen molar-refractivity contribution in [1.29, 1.82) is 0 Å². The number of ether oxygens (including phenoxy) is 4. The van der Waals surface area contributed by atoms with Crippen molar-refractivity contribution in [3.63, 3.8) is 0 Å². The fraction of sp³-hybridized carbons (Fsp3) is 0.700. The minimum Gasteiger partial charge on any atom is -0.481 e. The second-order valence-electron chi connectivity index (χ2n) is 7.40. The van der Waals surface area contributed by atoms with E-state index in [1.54, 1.807) is 0 Å². The number of hydrogen-bond donors (Lipinski definition) is 2. The Morgan fingerprint density at radius 3 is 1.35 bits per heavy atom. The van der Waals surface area contributed by atoms with Crippen LogP contribution in [0, 0.1) is 0 Å². The molecule has 2 aliphatic heterocycles. The number of hydrogen-bond acceptors (Lipinski definition) is 10. The molecule has 0 atom stereocenters. The normalized spacial score (nSPS) is 16.7. The highest BCUT2D eigenvalue weighted by Gasteiger charge is 2.61. The van der Waals surface area contributed by atoms with E-state index in [0.717, 1.165) is 0 Å². The van der Waals surface area contributed by atoms with Gasteiger partial charge >= 0.3 is 11.9 Å². The Hall–Kier alpha value is -2.94. The van der Waals surface area contributed by atoms with Gasteiger partial charge in [0.15, 0.2) is 0 Å². The molecule has 4 amide bonds. The van der Waals surface area contributed by atoms with Gasteiger partial charge in [0, 0.05) is 25.7 Å². The molecule has 2 aliphatic rings. The fourth-order valence-corrected chi connectivity index (χ4v) is 3.49. The first-order chi connectivity index (χ1) is 16.2. The van der Waals surface area contributed by atoms with Gasteiger partial charge in [0.05, 0.1) is 52.7 Å². The Kier molecular flexibility index (Phi) is 10.5.